The van der Waals surface area contributed by atoms with Crippen LogP contribution in [0.4, 0.5) is 0 Å². The second-order valence-electron chi connectivity index (χ2n) is 5.72. The van der Waals surface area contributed by atoms with Crippen molar-refractivity contribution in [3.05, 3.63) is 18.0 Å². The second kappa shape index (κ2) is 5.85. The Balaban J connectivity index is 2.01. The van der Waals surface area contributed by atoms with Crippen LogP contribution in [0.1, 0.15) is 32.8 Å². The van der Waals surface area contributed by atoms with Crippen LogP contribution in [0, 0.1) is 5.41 Å². The zero-order chi connectivity index (χ0) is 13.0. The summed E-state index contributed by atoms with van der Waals surface area (Å²) >= 11 is 0. The van der Waals surface area contributed by atoms with E-state index in [-0.39, 0.29) is 5.41 Å². The lowest BCUT2D eigenvalue weighted by Crippen LogP contribution is -2.39. The number of nitrogens with one attached hydrogen (secondary N) is 1. The van der Waals surface area contributed by atoms with Crippen LogP contribution in [0.15, 0.2) is 12.4 Å². The summed E-state index contributed by atoms with van der Waals surface area (Å²) in [7, 11) is 0. The average Bonchev–Trinajstić information content (AvgIpc) is 2.97. The van der Waals surface area contributed by atoms with Gasteiger partial charge in [0.15, 0.2) is 0 Å². The van der Waals surface area contributed by atoms with Crippen LogP contribution in [-0.4, -0.2) is 35.6 Å². The Hall–Kier alpha value is -0.870. The maximum atomic E-state index is 5.63. The van der Waals surface area contributed by atoms with E-state index in [1.807, 2.05) is 10.9 Å². The van der Waals surface area contributed by atoms with Crippen LogP contribution < -0.4 is 5.32 Å². The number of rotatable bonds is 6. The Morgan fingerprint density at radius 1 is 1.56 bits per heavy atom. The third-order valence-corrected chi connectivity index (χ3v) is 3.66. The van der Waals surface area contributed by atoms with Gasteiger partial charge in [0.1, 0.15) is 0 Å². The molecule has 1 N–H and O–H groups in total. The molecule has 1 atom stereocenters. The Kier molecular flexibility index (Phi) is 4.40. The van der Waals surface area contributed by atoms with Gasteiger partial charge in [-0.15, -0.1) is 0 Å². The monoisotopic (exact) mass is 251 g/mol. The number of ether oxygens (including phenoxy) is 1. The number of aromatic nitrogens is 2. The maximum Gasteiger partial charge on any atom is 0.0538 e. The van der Waals surface area contributed by atoms with E-state index in [1.54, 1.807) is 0 Å². The molecule has 18 heavy (non-hydrogen) atoms. The first-order chi connectivity index (χ1) is 8.63. The van der Waals surface area contributed by atoms with Gasteiger partial charge < -0.3 is 10.1 Å². The zero-order valence-electron chi connectivity index (χ0n) is 11.8. The summed E-state index contributed by atoms with van der Waals surface area (Å²) in [4.78, 5) is 0. The molecule has 0 radical (unpaired) electrons. The van der Waals surface area contributed by atoms with Crippen molar-refractivity contribution in [1.29, 1.82) is 0 Å². The van der Waals surface area contributed by atoms with Gasteiger partial charge in [-0.1, -0.05) is 13.8 Å². The molecule has 0 bridgehead atoms. The Morgan fingerprint density at radius 3 is 2.94 bits per heavy atom. The zero-order valence-corrected chi connectivity index (χ0v) is 11.8. The van der Waals surface area contributed by atoms with Gasteiger partial charge in [-0.25, -0.2) is 0 Å². The van der Waals surface area contributed by atoms with Gasteiger partial charge in [-0.05, 0) is 25.3 Å². The number of aryl methyl sites for hydroxylation is 1. The molecule has 0 saturated carbocycles. The average molecular weight is 251 g/mol. The highest BCUT2D eigenvalue weighted by atomic mass is 16.5. The van der Waals surface area contributed by atoms with Gasteiger partial charge in [0.05, 0.1) is 12.8 Å². The first-order valence-corrected chi connectivity index (χ1v) is 6.96. The summed E-state index contributed by atoms with van der Waals surface area (Å²) in [5, 5.41) is 7.92. The summed E-state index contributed by atoms with van der Waals surface area (Å²) in [5.41, 5.74) is 1.58. The molecule has 0 aromatic carbocycles. The lowest BCUT2D eigenvalue weighted by molar-refractivity contribution is 0.148. The molecule has 0 spiro atoms. The standard InChI is InChI=1S/C14H25N3O/c1-4-17-9-13(8-16-17)7-14(5-6-18-11-14)10-15-12(2)3/h8-9,12,15H,4-7,10-11H2,1-3H3. The van der Waals surface area contributed by atoms with Crippen molar-refractivity contribution in [3.63, 3.8) is 0 Å². The fraction of sp³-hybridized carbons (Fsp3) is 0.786. The topological polar surface area (TPSA) is 39.1 Å². The fourth-order valence-corrected chi connectivity index (χ4v) is 2.52. The lowest BCUT2D eigenvalue weighted by Gasteiger charge is -2.28. The molecule has 1 aromatic heterocycles. The normalized spacial score (nSPS) is 24.0. The van der Waals surface area contributed by atoms with Crippen molar-refractivity contribution in [2.45, 2.75) is 46.2 Å². The molecule has 4 heteroatoms. The van der Waals surface area contributed by atoms with Crippen LogP contribution in [0.25, 0.3) is 0 Å². The van der Waals surface area contributed by atoms with E-state index in [9.17, 15) is 0 Å². The minimum absolute atomic E-state index is 0.256. The van der Waals surface area contributed by atoms with Crippen LogP contribution in [0.2, 0.25) is 0 Å². The third-order valence-electron chi connectivity index (χ3n) is 3.66. The molecule has 102 valence electrons. The van der Waals surface area contributed by atoms with E-state index in [2.05, 4.69) is 37.4 Å². The molecule has 1 saturated heterocycles. The van der Waals surface area contributed by atoms with E-state index in [0.29, 0.717) is 6.04 Å². The summed E-state index contributed by atoms with van der Waals surface area (Å²) in [5.74, 6) is 0. The second-order valence-corrected chi connectivity index (χ2v) is 5.72. The molecular weight excluding hydrogens is 226 g/mol. The Labute approximate surface area is 110 Å². The molecule has 2 rings (SSSR count). The predicted molar refractivity (Wildman–Crippen MR) is 72.6 cm³/mol. The summed E-state index contributed by atoms with van der Waals surface area (Å²) in [6.45, 7) is 10.2. The maximum absolute atomic E-state index is 5.63. The van der Waals surface area contributed by atoms with Crippen LogP contribution >= 0.6 is 0 Å². The Morgan fingerprint density at radius 2 is 2.39 bits per heavy atom. The van der Waals surface area contributed by atoms with E-state index in [0.717, 1.165) is 39.1 Å². The highest BCUT2D eigenvalue weighted by Crippen LogP contribution is 2.32. The molecule has 1 aliphatic heterocycles. The van der Waals surface area contributed by atoms with Crippen molar-refractivity contribution in [2.24, 2.45) is 5.41 Å². The molecular formula is C14H25N3O. The molecule has 0 amide bonds. The minimum Gasteiger partial charge on any atom is -0.381 e. The quantitative estimate of drug-likeness (QED) is 0.838. The van der Waals surface area contributed by atoms with Gasteiger partial charge in [0.2, 0.25) is 0 Å². The first kappa shape index (κ1) is 13.6. The summed E-state index contributed by atoms with van der Waals surface area (Å²) in [6.07, 6.45) is 6.37. The molecule has 1 unspecified atom stereocenters. The fourth-order valence-electron chi connectivity index (χ4n) is 2.52. The minimum atomic E-state index is 0.256. The van der Waals surface area contributed by atoms with Crippen molar-refractivity contribution in [1.82, 2.24) is 15.1 Å². The van der Waals surface area contributed by atoms with E-state index < -0.39 is 0 Å². The SMILES string of the molecule is CCn1cc(CC2(CNC(C)C)CCOC2)cn1. The van der Waals surface area contributed by atoms with E-state index in [1.165, 1.54) is 5.56 Å². The number of hydrogen-bond acceptors (Lipinski definition) is 3. The van der Waals surface area contributed by atoms with E-state index in [4.69, 9.17) is 4.74 Å². The van der Waals surface area contributed by atoms with Gasteiger partial charge in [0, 0.05) is 37.4 Å². The molecule has 1 fully saturated rings. The highest BCUT2D eigenvalue weighted by molar-refractivity contribution is 5.09. The summed E-state index contributed by atoms with van der Waals surface area (Å²) < 4.78 is 7.63. The lowest BCUT2D eigenvalue weighted by atomic mass is 9.81. The van der Waals surface area contributed by atoms with Crippen molar-refractivity contribution in [3.8, 4) is 0 Å². The van der Waals surface area contributed by atoms with Crippen molar-refractivity contribution >= 4 is 0 Å². The van der Waals surface area contributed by atoms with Crippen LogP contribution in [0.5, 0.6) is 0 Å². The smallest absolute Gasteiger partial charge is 0.0538 e. The van der Waals surface area contributed by atoms with Gasteiger partial charge >= 0.3 is 0 Å². The third kappa shape index (κ3) is 3.33. The molecule has 4 nitrogen and oxygen atoms in total. The predicted octanol–water partition coefficient (Wildman–Crippen LogP) is 1.85. The van der Waals surface area contributed by atoms with Gasteiger partial charge in [-0.2, -0.15) is 5.10 Å². The largest absolute Gasteiger partial charge is 0.381 e. The highest BCUT2D eigenvalue weighted by Gasteiger charge is 2.35. The molecule has 2 heterocycles. The molecule has 1 aliphatic rings. The Bertz CT molecular complexity index is 367. The van der Waals surface area contributed by atoms with Crippen molar-refractivity contribution in [2.75, 3.05) is 19.8 Å². The van der Waals surface area contributed by atoms with Crippen LogP contribution in [-0.2, 0) is 17.7 Å². The summed E-state index contributed by atoms with van der Waals surface area (Å²) in [6, 6.07) is 0.529. The first-order valence-electron chi connectivity index (χ1n) is 6.96. The van der Waals surface area contributed by atoms with E-state index >= 15 is 0 Å². The molecule has 1 aromatic rings. The van der Waals surface area contributed by atoms with Crippen molar-refractivity contribution < 1.29 is 4.74 Å². The molecule has 0 aliphatic carbocycles. The number of hydrogen-bond donors (Lipinski definition) is 1. The van der Waals surface area contributed by atoms with Gasteiger partial charge in [-0.3, -0.25) is 4.68 Å². The van der Waals surface area contributed by atoms with Crippen LogP contribution in [0.3, 0.4) is 0 Å². The van der Waals surface area contributed by atoms with Gasteiger partial charge in [0.25, 0.3) is 0 Å². The number of nitrogens with zero attached hydrogens (tertiary/aromatic N) is 2.